The molecular weight excluding hydrogens is 356 g/mol. The van der Waals surface area contributed by atoms with Crippen LogP contribution in [0.25, 0.3) is 0 Å². The number of fused-ring (bicyclic) bond motifs is 1. The van der Waals surface area contributed by atoms with Gasteiger partial charge in [0.15, 0.2) is 0 Å². The first kappa shape index (κ1) is 18.6. The van der Waals surface area contributed by atoms with Crippen molar-refractivity contribution < 1.29 is 33.8 Å². The van der Waals surface area contributed by atoms with Crippen molar-refractivity contribution in [2.75, 3.05) is 13.1 Å². The number of piperidine rings is 1. The lowest BCUT2D eigenvalue weighted by molar-refractivity contribution is -0.152. The molecule has 1 saturated heterocycles. The Bertz CT molecular complexity index is 799. The Morgan fingerprint density at radius 1 is 1.00 bits per heavy atom. The van der Waals surface area contributed by atoms with Gasteiger partial charge in [0.25, 0.3) is 11.8 Å². The molecule has 3 rings (SSSR count). The number of likely N-dealkylation sites (tertiary alicyclic amines) is 1. The summed E-state index contributed by atoms with van der Waals surface area (Å²) in [7, 11) is 0. The average Bonchev–Trinajstić information content (AvgIpc) is 2.83. The van der Waals surface area contributed by atoms with Gasteiger partial charge >= 0.3 is 6.16 Å². The second-order valence-electron chi connectivity index (χ2n) is 6.79. The second-order valence-corrected chi connectivity index (χ2v) is 6.79. The molecule has 1 aromatic rings. The third kappa shape index (κ3) is 3.53. The first-order valence-electron chi connectivity index (χ1n) is 8.42. The SMILES string of the molecule is CC(CN1C(=O)CCCC1=O)(CN1C(=O)c2ccccc2C1=O)OC(=O)O. The first-order chi connectivity index (χ1) is 12.7. The maximum atomic E-state index is 12.5. The van der Waals surface area contributed by atoms with E-state index < -0.39 is 41.9 Å². The van der Waals surface area contributed by atoms with Crippen molar-refractivity contribution in [3.63, 3.8) is 0 Å². The second kappa shape index (κ2) is 6.82. The number of hydrogen-bond acceptors (Lipinski definition) is 6. The van der Waals surface area contributed by atoms with Crippen LogP contribution in [0.3, 0.4) is 0 Å². The number of carboxylic acid groups (broad SMARTS) is 1. The van der Waals surface area contributed by atoms with Crippen molar-refractivity contribution in [3.8, 4) is 0 Å². The van der Waals surface area contributed by atoms with Gasteiger partial charge in [-0.1, -0.05) is 12.1 Å². The molecule has 142 valence electrons. The van der Waals surface area contributed by atoms with Gasteiger partial charge in [-0.3, -0.25) is 29.0 Å². The number of benzene rings is 1. The van der Waals surface area contributed by atoms with Crippen LogP contribution in [0.2, 0.25) is 0 Å². The van der Waals surface area contributed by atoms with Gasteiger partial charge in [-0.2, -0.15) is 0 Å². The zero-order valence-electron chi connectivity index (χ0n) is 14.6. The third-order valence-corrected chi connectivity index (χ3v) is 4.58. The number of rotatable bonds is 5. The molecular formula is C18H18N2O7. The lowest BCUT2D eigenvalue weighted by atomic mass is 10.0. The summed E-state index contributed by atoms with van der Waals surface area (Å²) >= 11 is 0. The van der Waals surface area contributed by atoms with E-state index in [1.54, 1.807) is 12.1 Å². The number of nitrogens with zero attached hydrogens (tertiary/aromatic N) is 2. The molecule has 1 fully saturated rings. The molecule has 9 heteroatoms. The van der Waals surface area contributed by atoms with Crippen LogP contribution in [-0.2, 0) is 14.3 Å². The van der Waals surface area contributed by atoms with Gasteiger partial charge in [0.05, 0.1) is 24.2 Å². The fraction of sp³-hybridized carbons (Fsp3) is 0.389. The van der Waals surface area contributed by atoms with E-state index in [9.17, 15) is 24.0 Å². The first-order valence-corrected chi connectivity index (χ1v) is 8.42. The van der Waals surface area contributed by atoms with Crippen molar-refractivity contribution >= 4 is 29.8 Å². The molecule has 1 atom stereocenters. The van der Waals surface area contributed by atoms with Crippen molar-refractivity contribution in [2.45, 2.75) is 31.8 Å². The molecule has 0 bridgehead atoms. The fourth-order valence-corrected chi connectivity index (χ4v) is 3.35. The van der Waals surface area contributed by atoms with Crippen molar-refractivity contribution in [1.29, 1.82) is 0 Å². The van der Waals surface area contributed by atoms with Crippen molar-refractivity contribution in [2.24, 2.45) is 0 Å². The van der Waals surface area contributed by atoms with E-state index in [-0.39, 0.29) is 30.5 Å². The summed E-state index contributed by atoms with van der Waals surface area (Å²) in [6.45, 7) is 0.562. The summed E-state index contributed by atoms with van der Waals surface area (Å²) in [6, 6.07) is 6.24. The van der Waals surface area contributed by atoms with Crippen LogP contribution in [0.15, 0.2) is 24.3 Å². The van der Waals surface area contributed by atoms with Crippen LogP contribution in [0.4, 0.5) is 4.79 Å². The van der Waals surface area contributed by atoms with Gasteiger partial charge in [0, 0.05) is 12.8 Å². The highest BCUT2D eigenvalue weighted by molar-refractivity contribution is 6.21. The molecule has 0 aliphatic carbocycles. The lowest BCUT2D eigenvalue weighted by Crippen LogP contribution is -2.55. The molecule has 2 aliphatic rings. The normalized spacial score (nSPS) is 19.1. The Morgan fingerprint density at radius 3 is 1.96 bits per heavy atom. The number of ether oxygens (including phenoxy) is 1. The molecule has 9 nitrogen and oxygen atoms in total. The number of carbonyl (C=O) groups excluding carboxylic acids is 4. The van der Waals surface area contributed by atoms with Gasteiger partial charge in [-0.15, -0.1) is 0 Å². The predicted molar refractivity (Wildman–Crippen MR) is 89.9 cm³/mol. The molecule has 4 amide bonds. The van der Waals surface area contributed by atoms with Crippen molar-refractivity contribution in [1.82, 2.24) is 9.80 Å². The summed E-state index contributed by atoms with van der Waals surface area (Å²) in [4.78, 5) is 62.2. The topological polar surface area (TPSA) is 121 Å². The predicted octanol–water partition coefficient (Wildman–Crippen LogP) is 1.28. The molecule has 27 heavy (non-hydrogen) atoms. The van der Waals surface area contributed by atoms with Crippen LogP contribution in [0.1, 0.15) is 46.9 Å². The molecule has 0 radical (unpaired) electrons. The van der Waals surface area contributed by atoms with Crippen LogP contribution in [-0.4, -0.2) is 63.4 Å². The summed E-state index contributed by atoms with van der Waals surface area (Å²) in [5.41, 5.74) is -1.22. The third-order valence-electron chi connectivity index (χ3n) is 4.58. The highest BCUT2D eigenvalue weighted by atomic mass is 16.7. The van der Waals surface area contributed by atoms with Crippen molar-refractivity contribution in [3.05, 3.63) is 35.4 Å². The standard InChI is InChI=1S/C18H18N2O7/c1-18(27-17(25)26,9-19-13(21)7-4-8-14(19)22)10-20-15(23)11-5-2-3-6-12(11)16(20)24/h2-3,5-6H,4,7-10H2,1H3,(H,25,26). The average molecular weight is 374 g/mol. The minimum atomic E-state index is -1.65. The fourth-order valence-electron chi connectivity index (χ4n) is 3.35. The van der Waals surface area contributed by atoms with Gasteiger partial charge in [0.1, 0.15) is 5.60 Å². The molecule has 1 aromatic carbocycles. The quantitative estimate of drug-likeness (QED) is 0.608. The Hall–Kier alpha value is -3.23. The summed E-state index contributed by atoms with van der Waals surface area (Å²) in [5.74, 6) is -2.03. The minimum Gasteiger partial charge on any atom is -0.450 e. The summed E-state index contributed by atoms with van der Waals surface area (Å²) in [6.07, 6.45) is -0.863. The van der Waals surface area contributed by atoms with E-state index in [1.807, 2.05) is 0 Å². The monoisotopic (exact) mass is 374 g/mol. The molecule has 1 unspecified atom stereocenters. The van der Waals surface area contributed by atoms with E-state index in [0.29, 0.717) is 6.42 Å². The van der Waals surface area contributed by atoms with Crippen LogP contribution in [0, 0.1) is 0 Å². The zero-order chi connectivity index (χ0) is 19.8. The number of imide groups is 2. The van der Waals surface area contributed by atoms with Crippen LogP contribution in [0.5, 0.6) is 0 Å². The van der Waals surface area contributed by atoms with E-state index >= 15 is 0 Å². The van der Waals surface area contributed by atoms with Gasteiger partial charge in [0.2, 0.25) is 11.8 Å². The van der Waals surface area contributed by atoms with E-state index in [2.05, 4.69) is 0 Å². The minimum absolute atomic E-state index is 0.169. The van der Waals surface area contributed by atoms with Crippen LogP contribution >= 0.6 is 0 Å². The molecule has 2 aliphatic heterocycles. The Labute approximate surface area is 154 Å². The molecule has 0 spiro atoms. The molecule has 1 N–H and O–H groups in total. The maximum absolute atomic E-state index is 12.5. The van der Waals surface area contributed by atoms with E-state index in [0.717, 1.165) is 9.80 Å². The van der Waals surface area contributed by atoms with E-state index in [1.165, 1.54) is 19.1 Å². The van der Waals surface area contributed by atoms with Gasteiger partial charge < -0.3 is 9.84 Å². The Morgan fingerprint density at radius 2 is 1.48 bits per heavy atom. The van der Waals surface area contributed by atoms with Gasteiger partial charge in [-0.05, 0) is 25.5 Å². The highest BCUT2D eigenvalue weighted by Gasteiger charge is 2.44. The molecule has 2 heterocycles. The Balaban J connectivity index is 1.86. The zero-order valence-corrected chi connectivity index (χ0v) is 14.6. The largest absolute Gasteiger partial charge is 0.506 e. The Kier molecular flexibility index (Phi) is 4.69. The summed E-state index contributed by atoms with van der Waals surface area (Å²) in [5, 5.41) is 9.09. The molecule has 0 aromatic heterocycles. The number of hydrogen-bond donors (Lipinski definition) is 1. The highest BCUT2D eigenvalue weighted by Crippen LogP contribution is 2.27. The smallest absolute Gasteiger partial charge is 0.450 e. The number of amides is 4. The van der Waals surface area contributed by atoms with Gasteiger partial charge in [-0.25, -0.2) is 4.79 Å². The maximum Gasteiger partial charge on any atom is 0.506 e. The van der Waals surface area contributed by atoms with Crippen LogP contribution < -0.4 is 0 Å². The molecule has 0 saturated carbocycles. The summed E-state index contributed by atoms with van der Waals surface area (Å²) < 4.78 is 4.92. The lowest BCUT2D eigenvalue weighted by Gasteiger charge is -2.36. The van der Waals surface area contributed by atoms with E-state index in [4.69, 9.17) is 9.84 Å². The number of carbonyl (C=O) groups is 5.